The number of rotatable bonds is 11. The third-order valence-electron chi connectivity index (χ3n) is 4.42. The summed E-state index contributed by atoms with van der Waals surface area (Å²) in [6.07, 6.45) is -0.333. The minimum absolute atomic E-state index is 0.00187. The topological polar surface area (TPSA) is 122 Å². The fourth-order valence-corrected chi connectivity index (χ4v) is 4.10. The van der Waals surface area contributed by atoms with E-state index in [9.17, 15) is 23.1 Å². The molecule has 0 aliphatic heterocycles. The molecule has 3 N–H and O–H groups in total. The summed E-state index contributed by atoms with van der Waals surface area (Å²) in [6.45, 7) is 4.25. The zero-order chi connectivity index (χ0) is 23.7. The highest BCUT2D eigenvalue weighted by molar-refractivity contribution is 7.89. The smallest absolute Gasteiger partial charge is 0.407 e. The Morgan fingerprint density at radius 2 is 1.59 bits per heavy atom. The lowest BCUT2D eigenvalue weighted by Crippen LogP contribution is -2.41. The molecule has 1 amide bonds. The summed E-state index contributed by atoms with van der Waals surface area (Å²) in [7, 11) is -4.05. The van der Waals surface area contributed by atoms with Crippen LogP contribution in [0.2, 0.25) is 5.02 Å². The van der Waals surface area contributed by atoms with Crippen molar-refractivity contribution >= 4 is 33.7 Å². The number of halogens is 1. The van der Waals surface area contributed by atoms with Crippen molar-refractivity contribution in [1.82, 2.24) is 10.0 Å². The number of hydrogen-bond acceptors (Lipinski definition) is 5. The molecule has 0 fully saturated rings. The fraction of sp³-hybridized carbons (Fsp3) is 0.364. The van der Waals surface area contributed by atoms with E-state index in [4.69, 9.17) is 16.3 Å². The van der Waals surface area contributed by atoms with Crippen molar-refractivity contribution in [3.8, 4) is 11.1 Å². The molecule has 0 heterocycles. The second-order valence-corrected chi connectivity index (χ2v) is 9.76. The summed E-state index contributed by atoms with van der Waals surface area (Å²) >= 11 is 5.88. The van der Waals surface area contributed by atoms with Crippen molar-refractivity contribution < 1.29 is 27.9 Å². The van der Waals surface area contributed by atoms with Gasteiger partial charge in [0.25, 0.3) is 0 Å². The summed E-state index contributed by atoms with van der Waals surface area (Å²) in [5.74, 6) is -1.10. The largest absolute Gasteiger partial charge is 0.480 e. The third kappa shape index (κ3) is 8.14. The lowest BCUT2D eigenvalue weighted by atomic mass is 10.1. The van der Waals surface area contributed by atoms with Gasteiger partial charge in [0.2, 0.25) is 10.0 Å². The Hall–Kier alpha value is -2.62. The molecule has 8 nitrogen and oxygen atoms in total. The number of alkyl carbamates (subject to hydrolysis) is 1. The quantitative estimate of drug-likeness (QED) is 0.417. The number of benzene rings is 2. The highest BCUT2D eigenvalue weighted by Crippen LogP contribution is 2.23. The first kappa shape index (κ1) is 25.6. The lowest BCUT2D eigenvalue weighted by molar-refractivity contribution is -0.139. The first-order valence-corrected chi connectivity index (χ1v) is 12.0. The van der Waals surface area contributed by atoms with Crippen molar-refractivity contribution in [2.24, 2.45) is 5.92 Å². The van der Waals surface area contributed by atoms with Crippen molar-refractivity contribution in [3.63, 3.8) is 0 Å². The van der Waals surface area contributed by atoms with Crippen LogP contribution in [0.4, 0.5) is 4.79 Å². The standard InChI is InChI=1S/C22H27ClN2O6S/c1-15(2)14-31-22(28)24-13-3-4-20(21(26)27)25-32(29,30)19-11-7-17(8-12-19)16-5-9-18(23)10-6-16/h5-12,15,20,25H,3-4,13-14H2,1-2H3,(H,24,28)(H,26,27). The van der Waals surface area contributed by atoms with E-state index in [0.29, 0.717) is 5.02 Å². The predicted octanol–water partition coefficient (Wildman–Crippen LogP) is 3.90. The van der Waals surface area contributed by atoms with Gasteiger partial charge in [-0.2, -0.15) is 4.72 Å². The van der Waals surface area contributed by atoms with E-state index in [1.54, 1.807) is 24.3 Å². The lowest BCUT2D eigenvalue weighted by Gasteiger charge is -2.15. The molecule has 2 aromatic rings. The van der Waals surface area contributed by atoms with E-state index in [1.165, 1.54) is 12.1 Å². The molecule has 0 saturated heterocycles. The van der Waals surface area contributed by atoms with E-state index in [2.05, 4.69) is 10.0 Å². The van der Waals surface area contributed by atoms with E-state index in [-0.39, 0.29) is 36.8 Å². The van der Waals surface area contributed by atoms with Gasteiger partial charge in [-0.3, -0.25) is 4.79 Å². The number of carboxylic acids is 1. The number of carbonyl (C=O) groups excluding carboxylic acids is 1. The minimum Gasteiger partial charge on any atom is -0.480 e. The van der Waals surface area contributed by atoms with Gasteiger partial charge in [0, 0.05) is 11.6 Å². The van der Waals surface area contributed by atoms with Gasteiger partial charge in [-0.1, -0.05) is 49.7 Å². The molecule has 1 unspecified atom stereocenters. The molecule has 32 heavy (non-hydrogen) atoms. The van der Waals surface area contributed by atoms with Crippen molar-refractivity contribution in [2.45, 2.75) is 37.6 Å². The van der Waals surface area contributed by atoms with Crippen molar-refractivity contribution in [1.29, 1.82) is 0 Å². The number of amides is 1. The molecule has 2 aromatic carbocycles. The maximum absolute atomic E-state index is 12.6. The summed E-state index contributed by atoms with van der Waals surface area (Å²) in [6, 6.07) is 11.9. The van der Waals surface area contributed by atoms with Crippen LogP contribution in [0.25, 0.3) is 11.1 Å². The van der Waals surface area contributed by atoms with Crippen LogP contribution >= 0.6 is 11.6 Å². The molecular formula is C22H27ClN2O6S. The van der Waals surface area contributed by atoms with Crippen LogP contribution in [0, 0.1) is 5.92 Å². The Labute approximate surface area is 193 Å². The molecule has 0 aliphatic rings. The number of sulfonamides is 1. The molecule has 0 aliphatic carbocycles. The van der Waals surface area contributed by atoms with Gasteiger partial charge < -0.3 is 15.2 Å². The van der Waals surface area contributed by atoms with Crippen LogP contribution < -0.4 is 10.0 Å². The maximum atomic E-state index is 12.6. The van der Waals surface area contributed by atoms with Crippen molar-refractivity contribution in [2.75, 3.05) is 13.2 Å². The van der Waals surface area contributed by atoms with Crippen LogP contribution in [0.15, 0.2) is 53.4 Å². The summed E-state index contributed by atoms with van der Waals surface area (Å²) in [5.41, 5.74) is 1.67. The molecular weight excluding hydrogens is 456 g/mol. The van der Waals surface area contributed by atoms with E-state index < -0.39 is 28.1 Å². The van der Waals surface area contributed by atoms with Gasteiger partial charge in [-0.05, 0) is 54.2 Å². The average molecular weight is 483 g/mol. The molecule has 0 aromatic heterocycles. The first-order chi connectivity index (χ1) is 15.1. The molecule has 0 saturated carbocycles. The molecule has 10 heteroatoms. The molecule has 0 bridgehead atoms. The normalized spacial score (nSPS) is 12.4. The second kappa shape index (κ2) is 11.8. The van der Waals surface area contributed by atoms with Crippen molar-refractivity contribution in [3.05, 3.63) is 53.6 Å². The highest BCUT2D eigenvalue weighted by Gasteiger charge is 2.25. The minimum atomic E-state index is -4.05. The first-order valence-electron chi connectivity index (χ1n) is 10.1. The van der Waals surface area contributed by atoms with E-state index in [0.717, 1.165) is 11.1 Å². The summed E-state index contributed by atoms with van der Waals surface area (Å²) in [4.78, 5) is 23.0. The zero-order valence-corrected chi connectivity index (χ0v) is 19.4. The number of carboxylic acid groups (broad SMARTS) is 1. The number of hydrogen-bond donors (Lipinski definition) is 3. The maximum Gasteiger partial charge on any atom is 0.407 e. The summed E-state index contributed by atoms with van der Waals surface area (Å²) in [5, 5.41) is 12.5. The zero-order valence-electron chi connectivity index (χ0n) is 17.9. The van der Waals surface area contributed by atoms with Crippen LogP contribution in [0.5, 0.6) is 0 Å². The van der Waals surface area contributed by atoms with E-state index >= 15 is 0 Å². The predicted molar refractivity (Wildman–Crippen MR) is 122 cm³/mol. The van der Waals surface area contributed by atoms with Crippen LogP contribution in [0.1, 0.15) is 26.7 Å². The Bertz CT molecular complexity index is 1010. The van der Waals surface area contributed by atoms with Gasteiger partial charge in [0.1, 0.15) is 6.04 Å². The summed E-state index contributed by atoms with van der Waals surface area (Å²) < 4.78 is 32.5. The third-order valence-corrected chi connectivity index (χ3v) is 6.16. The van der Waals surface area contributed by atoms with Gasteiger partial charge in [0.15, 0.2) is 0 Å². The Kier molecular flexibility index (Phi) is 9.49. The molecule has 2 rings (SSSR count). The molecule has 1 atom stereocenters. The number of aliphatic carboxylic acids is 1. The van der Waals surface area contributed by atoms with Gasteiger partial charge in [0.05, 0.1) is 11.5 Å². The van der Waals surface area contributed by atoms with Gasteiger partial charge in [-0.25, -0.2) is 13.2 Å². The second-order valence-electron chi connectivity index (χ2n) is 7.60. The van der Waals surface area contributed by atoms with E-state index in [1.807, 2.05) is 26.0 Å². The Morgan fingerprint density at radius 1 is 1.03 bits per heavy atom. The van der Waals surface area contributed by atoms with Crippen LogP contribution in [-0.4, -0.2) is 44.8 Å². The SMILES string of the molecule is CC(C)COC(=O)NCCCC(NS(=O)(=O)c1ccc(-c2ccc(Cl)cc2)cc1)C(=O)O. The monoisotopic (exact) mass is 482 g/mol. The molecule has 0 spiro atoms. The Morgan fingerprint density at radius 3 is 2.12 bits per heavy atom. The number of ether oxygens (including phenoxy) is 1. The number of carbonyl (C=O) groups is 2. The van der Waals surface area contributed by atoms with Crippen LogP contribution in [0.3, 0.4) is 0 Å². The Balaban J connectivity index is 1.94. The van der Waals surface area contributed by atoms with Crippen LogP contribution in [-0.2, 0) is 19.6 Å². The number of nitrogens with one attached hydrogen (secondary N) is 2. The average Bonchev–Trinajstić information content (AvgIpc) is 2.75. The molecule has 0 radical (unpaired) electrons. The van der Waals surface area contributed by atoms with Gasteiger partial charge >= 0.3 is 12.1 Å². The fourth-order valence-electron chi connectivity index (χ4n) is 2.75. The van der Waals surface area contributed by atoms with Gasteiger partial charge in [-0.15, -0.1) is 0 Å². The highest BCUT2D eigenvalue weighted by atomic mass is 35.5. The molecule has 174 valence electrons.